The van der Waals surface area contributed by atoms with Gasteiger partial charge in [0.2, 0.25) is 0 Å². The molecule has 1 aliphatic heterocycles. The van der Waals surface area contributed by atoms with Crippen molar-refractivity contribution in [3.8, 4) is 0 Å². The van der Waals surface area contributed by atoms with E-state index in [0.29, 0.717) is 12.0 Å². The standard InChI is InChI=1S/C14H17F3N2/c1-2-3-13(19-6-4-18-5-7-19)10-8-11(15)14(17)12(16)9-10/h2,8-9,13,18H,1,3-7H2/t13-/m1/s1. The predicted molar refractivity (Wildman–Crippen MR) is 68.3 cm³/mol. The van der Waals surface area contributed by atoms with Crippen molar-refractivity contribution in [2.75, 3.05) is 26.2 Å². The maximum Gasteiger partial charge on any atom is 0.194 e. The Morgan fingerprint density at radius 2 is 1.79 bits per heavy atom. The first-order valence-electron chi connectivity index (χ1n) is 6.33. The largest absolute Gasteiger partial charge is 0.314 e. The number of hydrogen-bond acceptors (Lipinski definition) is 2. The highest BCUT2D eigenvalue weighted by molar-refractivity contribution is 5.23. The van der Waals surface area contributed by atoms with Crippen LogP contribution < -0.4 is 5.32 Å². The average Bonchev–Trinajstić information content (AvgIpc) is 2.42. The highest BCUT2D eigenvalue weighted by atomic mass is 19.2. The molecule has 1 heterocycles. The SMILES string of the molecule is C=CC[C@H](c1cc(F)c(F)c(F)c1)N1CCNCC1. The average molecular weight is 270 g/mol. The maximum atomic E-state index is 13.3. The molecule has 0 radical (unpaired) electrons. The smallest absolute Gasteiger partial charge is 0.194 e. The van der Waals surface area contributed by atoms with Gasteiger partial charge in [0.05, 0.1) is 0 Å². The van der Waals surface area contributed by atoms with Gasteiger partial charge < -0.3 is 5.32 Å². The Hall–Kier alpha value is -1.33. The first-order chi connectivity index (χ1) is 9.13. The molecule has 104 valence electrons. The summed E-state index contributed by atoms with van der Waals surface area (Å²) < 4.78 is 39.7. The summed E-state index contributed by atoms with van der Waals surface area (Å²) in [5.74, 6) is -3.69. The molecule has 1 saturated heterocycles. The summed E-state index contributed by atoms with van der Waals surface area (Å²) in [6.45, 7) is 6.93. The van der Waals surface area contributed by atoms with Gasteiger partial charge in [-0.1, -0.05) is 6.08 Å². The van der Waals surface area contributed by atoms with Gasteiger partial charge in [0.25, 0.3) is 0 Å². The molecule has 0 saturated carbocycles. The van der Waals surface area contributed by atoms with Crippen molar-refractivity contribution >= 4 is 0 Å². The fourth-order valence-electron chi connectivity index (χ4n) is 2.42. The molecule has 0 aromatic heterocycles. The second-order valence-corrected chi connectivity index (χ2v) is 4.62. The lowest BCUT2D eigenvalue weighted by Crippen LogP contribution is -2.45. The zero-order valence-electron chi connectivity index (χ0n) is 10.6. The van der Waals surface area contributed by atoms with Gasteiger partial charge in [-0.15, -0.1) is 6.58 Å². The van der Waals surface area contributed by atoms with Crippen LogP contribution in [0.5, 0.6) is 0 Å². The molecule has 2 rings (SSSR count). The normalized spacial score (nSPS) is 18.3. The van der Waals surface area contributed by atoms with Crippen molar-refractivity contribution in [1.29, 1.82) is 0 Å². The molecular formula is C14H17F3N2. The van der Waals surface area contributed by atoms with Crippen LogP contribution in [0.3, 0.4) is 0 Å². The van der Waals surface area contributed by atoms with Crippen molar-refractivity contribution in [2.45, 2.75) is 12.5 Å². The van der Waals surface area contributed by atoms with Gasteiger partial charge in [0, 0.05) is 32.2 Å². The molecule has 2 nitrogen and oxygen atoms in total. The van der Waals surface area contributed by atoms with E-state index in [1.54, 1.807) is 6.08 Å². The molecule has 0 amide bonds. The Kier molecular flexibility index (Phi) is 4.61. The van der Waals surface area contributed by atoms with Gasteiger partial charge in [-0.05, 0) is 24.1 Å². The molecule has 5 heteroatoms. The van der Waals surface area contributed by atoms with Gasteiger partial charge in [-0.25, -0.2) is 13.2 Å². The Balaban J connectivity index is 2.29. The highest BCUT2D eigenvalue weighted by Crippen LogP contribution is 2.27. The van der Waals surface area contributed by atoms with E-state index in [0.717, 1.165) is 38.3 Å². The second kappa shape index (κ2) is 6.21. The van der Waals surface area contributed by atoms with E-state index in [4.69, 9.17) is 0 Å². The zero-order valence-corrected chi connectivity index (χ0v) is 10.6. The summed E-state index contributed by atoms with van der Waals surface area (Å²) in [5, 5.41) is 3.22. The van der Waals surface area contributed by atoms with Crippen molar-refractivity contribution in [3.05, 3.63) is 47.8 Å². The van der Waals surface area contributed by atoms with E-state index < -0.39 is 17.5 Å². The van der Waals surface area contributed by atoms with Gasteiger partial charge in [0.1, 0.15) is 0 Å². The number of nitrogens with zero attached hydrogens (tertiary/aromatic N) is 1. The fourth-order valence-corrected chi connectivity index (χ4v) is 2.42. The third-order valence-corrected chi connectivity index (χ3v) is 3.37. The van der Waals surface area contributed by atoms with Gasteiger partial charge >= 0.3 is 0 Å². The van der Waals surface area contributed by atoms with Crippen LogP contribution in [-0.4, -0.2) is 31.1 Å². The lowest BCUT2D eigenvalue weighted by atomic mass is 10.0. The van der Waals surface area contributed by atoms with E-state index in [-0.39, 0.29) is 6.04 Å². The van der Waals surface area contributed by atoms with Crippen molar-refractivity contribution < 1.29 is 13.2 Å². The number of hydrogen-bond donors (Lipinski definition) is 1. The van der Waals surface area contributed by atoms with Crippen LogP contribution in [0.15, 0.2) is 24.8 Å². The van der Waals surface area contributed by atoms with E-state index >= 15 is 0 Å². The summed E-state index contributed by atoms with van der Waals surface area (Å²) in [6.07, 6.45) is 2.29. The summed E-state index contributed by atoms with van der Waals surface area (Å²) in [6, 6.07) is 1.99. The van der Waals surface area contributed by atoms with Crippen molar-refractivity contribution in [2.24, 2.45) is 0 Å². The Morgan fingerprint density at radius 1 is 1.21 bits per heavy atom. The van der Waals surface area contributed by atoms with Crippen LogP contribution in [0.1, 0.15) is 18.0 Å². The molecular weight excluding hydrogens is 253 g/mol. The quantitative estimate of drug-likeness (QED) is 0.668. The topological polar surface area (TPSA) is 15.3 Å². The second-order valence-electron chi connectivity index (χ2n) is 4.62. The van der Waals surface area contributed by atoms with E-state index in [2.05, 4.69) is 16.8 Å². The Bertz CT molecular complexity index is 433. The molecule has 1 N–H and O–H groups in total. The summed E-state index contributed by atoms with van der Waals surface area (Å²) in [4.78, 5) is 2.13. The van der Waals surface area contributed by atoms with Crippen LogP contribution in [0, 0.1) is 17.5 Å². The fraction of sp³-hybridized carbons (Fsp3) is 0.429. The van der Waals surface area contributed by atoms with Crippen LogP contribution >= 0.6 is 0 Å². The number of rotatable bonds is 4. The molecule has 1 atom stereocenters. The number of nitrogens with one attached hydrogen (secondary N) is 1. The summed E-state index contributed by atoms with van der Waals surface area (Å²) in [5.41, 5.74) is 0.457. The number of benzene rings is 1. The van der Waals surface area contributed by atoms with Crippen LogP contribution in [-0.2, 0) is 0 Å². The van der Waals surface area contributed by atoms with E-state index in [9.17, 15) is 13.2 Å². The minimum Gasteiger partial charge on any atom is -0.314 e. The van der Waals surface area contributed by atoms with Gasteiger partial charge in [0.15, 0.2) is 17.5 Å². The molecule has 0 bridgehead atoms. The molecule has 0 unspecified atom stereocenters. The zero-order chi connectivity index (χ0) is 13.8. The maximum absolute atomic E-state index is 13.3. The van der Waals surface area contributed by atoms with Gasteiger partial charge in [-0.2, -0.15) is 0 Å². The first-order valence-corrected chi connectivity index (χ1v) is 6.33. The summed E-state index contributed by atoms with van der Waals surface area (Å²) in [7, 11) is 0. The summed E-state index contributed by atoms with van der Waals surface area (Å²) >= 11 is 0. The molecule has 1 aromatic carbocycles. The molecule has 19 heavy (non-hydrogen) atoms. The Labute approximate surface area is 110 Å². The van der Waals surface area contributed by atoms with E-state index in [1.807, 2.05) is 0 Å². The molecule has 1 aliphatic rings. The number of halogens is 3. The van der Waals surface area contributed by atoms with Crippen LogP contribution in [0.4, 0.5) is 13.2 Å². The lowest BCUT2D eigenvalue weighted by molar-refractivity contribution is 0.173. The third-order valence-electron chi connectivity index (χ3n) is 3.37. The van der Waals surface area contributed by atoms with Crippen LogP contribution in [0.25, 0.3) is 0 Å². The van der Waals surface area contributed by atoms with Crippen molar-refractivity contribution in [3.63, 3.8) is 0 Å². The minimum atomic E-state index is -1.42. The Morgan fingerprint density at radius 3 is 2.32 bits per heavy atom. The van der Waals surface area contributed by atoms with Gasteiger partial charge in [-0.3, -0.25) is 4.90 Å². The predicted octanol–water partition coefficient (Wildman–Crippen LogP) is 2.63. The third kappa shape index (κ3) is 3.16. The van der Waals surface area contributed by atoms with Crippen molar-refractivity contribution in [1.82, 2.24) is 10.2 Å². The first kappa shape index (κ1) is 14.1. The molecule has 1 aromatic rings. The highest BCUT2D eigenvalue weighted by Gasteiger charge is 2.23. The lowest BCUT2D eigenvalue weighted by Gasteiger charge is -2.34. The monoisotopic (exact) mass is 270 g/mol. The number of piperazine rings is 1. The molecule has 1 fully saturated rings. The van der Waals surface area contributed by atoms with Crippen LogP contribution in [0.2, 0.25) is 0 Å². The van der Waals surface area contributed by atoms with E-state index in [1.165, 1.54) is 0 Å². The molecule has 0 spiro atoms. The minimum absolute atomic E-state index is 0.163. The molecule has 0 aliphatic carbocycles.